The zero-order valence-corrected chi connectivity index (χ0v) is 12.9. The lowest BCUT2D eigenvalue weighted by atomic mass is 10.1. The summed E-state index contributed by atoms with van der Waals surface area (Å²) in [6.45, 7) is 11.7. The zero-order valence-electron chi connectivity index (χ0n) is 12.9. The molecule has 0 fully saturated rings. The van der Waals surface area contributed by atoms with Gasteiger partial charge in [0, 0.05) is 6.04 Å². The van der Waals surface area contributed by atoms with Crippen molar-refractivity contribution in [3.63, 3.8) is 0 Å². The van der Waals surface area contributed by atoms with Gasteiger partial charge < -0.3 is 15.4 Å². The number of nitrogens with two attached hydrogens (primary N) is 1. The van der Waals surface area contributed by atoms with E-state index in [2.05, 4.69) is 37.7 Å². The Bertz CT molecular complexity index is 372. The van der Waals surface area contributed by atoms with Gasteiger partial charge in [0.2, 0.25) is 0 Å². The largest absolute Gasteiger partial charge is 0.493 e. The van der Waals surface area contributed by atoms with Gasteiger partial charge in [-0.1, -0.05) is 13.8 Å². The average molecular weight is 268 g/mol. The van der Waals surface area contributed by atoms with Crippen LogP contribution in [0.2, 0.25) is 0 Å². The van der Waals surface area contributed by atoms with Crippen molar-refractivity contribution >= 4 is 0 Å². The van der Waals surface area contributed by atoms with E-state index in [0.717, 1.165) is 37.5 Å². The summed E-state index contributed by atoms with van der Waals surface area (Å²) in [6.07, 6.45) is 2.67. The molecule has 110 valence electrons. The van der Waals surface area contributed by atoms with E-state index in [1.54, 1.807) is 13.3 Å². The molecule has 0 aliphatic rings. The molecule has 0 saturated carbocycles. The SMILES string of the molecule is CCN(CC)CCC(N)c1c(OC)cnn1C(C)C. The maximum absolute atomic E-state index is 6.34. The van der Waals surface area contributed by atoms with E-state index in [4.69, 9.17) is 10.5 Å². The maximum Gasteiger partial charge on any atom is 0.161 e. The Morgan fingerprint density at radius 2 is 2.00 bits per heavy atom. The molecule has 1 aromatic heterocycles. The van der Waals surface area contributed by atoms with Crippen LogP contribution in [0.15, 0.2) is 6.20 Å². The predicted octanol–water partition coefficient (Wildman–Crippen LogP) is 2.20. The Morgan fingerprint density at radius 1 is 1.37 bits per heavy atom. The van der Waals surface area contributed by atoms with Crippen LogP contribution in [-0.2, 0) is 0 Å². The van der Waals surface area contributed by atoms with Crippen molar-refractivity contribution in [2.75, 3.05) is 26.7 Å². The molecule has 0 aliphatic carbocycles. The standard InChI is InChI=1S/C14H28N4O/c1-6-17(7-2)9-8-12(15)14-13(19-5)10-16-18(14)11(3)4/h10-12H,6-9,15H2,1-5H3. The highest BCUT2D eigenvalue weighted by Gasteiger charge is 2.20. The van der Waals surface area contributed by atoms with Crippen molar-refractivity contribution in [1.82, 2.24) is 14.7 Å². The van der Waals surface area contributed by atoms with Crippen molar-refractivity contribution < 1.29 is 4.74 Å². The molecular formula is C14H28N4O. The van der Waals surface area contributed by atoms with Crippen LogP contribution in [0.4, 0.5) is 0 Å². The number of hydrogen-bond acceptors (Lipinski definition) is 4. The van der Waals surface area contributed by atoms with E-state index in [-0.39, 0.29) is 6.04 Å². The van der Waals surface area contributed by atoms with Crippen molar-refractivity contribution in [2.24, 2.45) is 5.73 Å². The van der Waals surface area contributed by atoms with Crippen molar-refractivity contribution in [2.45, 2.75) is 46.2 Å². The minimum atomic E-state index is -0.0413. The van der Waals surface area contributed by atoms with Gasteiger partial charge in [0.1, 0.15) is 0 Å². The number of methoxy groups -OCH3 is 1. The van der Waals surface area contributed by atoms with Gasteiger partial charge in [-0.2, -0.15) is 5.10 Å². The first kappa shape index (κ1) is 16.0. The fraction of sp³-hybridized carbons (Fsp3) is 0.786. The maximum atomic E-state index is 6.34. The zero-order chi connectivity index (χ0) is 14.4. The molecule has 19 heavy (non-hydrogen) atoms. The summed E-state index contributed by atoms with van der Waals surface area (Å²) in [6, 6.07) is 0.249. The highest BCUT2D eigenvalue weighted by molar-refractivity contribution is 5.28. The predicted molar refractivity (Wildman–Crippen MR) is 78.5 cm³/mol. The molecule has 2 N–H and O–H groups in total. The van der Waals surface area contributed by atoms with Crippen molar-refractivity contribution in [1.29, 1.82) is 0 Å². The second kappa shape index (κ2) is 7.50. The van der Waals surface area contributed by atoms with Gasteiger partial charge in [0.25, 0.3) is 0 Å². The molecule has 1 heterocycles. The minimum absolute atomic E-state index is 0.0413. The summed E-state index contributed by atoms with van der Waals surface area (Å²) < 4.78 is 7.34. The van der Waals surface area contributed by atoms with Gasteiger partial charge in [-0.3, -0.25) is 4.68 Å². The third-order valence-electron chi connectivity index (χ3n) is 3.51. The van der Waals surface area contributed by atoms with Crippen LogP contribution in [0.3, 0.4) is 0 Å². The molecule has 0 spiro atoms. The molecule has 1 unspecified atom stereocenters. The first-order chi connectivity index (χ1) is 9.04. The monoisotopic (exact) mass is 268 g/mol. The summed E-state index contributed by atoms with van der Waals surface area (Å²) >= 11 is 0. The Balaban J connectivity index is 2.80. The molecular weight excluding hydrogens is 240 g/mol. The summed E-state index contributed by atoms with van der Waals surface area (Å²) in [4.78, 5) is 2.38. The quantitative estimate of drug-likeness (QED) is 0.785. The fourth-order valence-corrected chi connectivity index (χ4v) is 2.28. The molecule has 0 aliphatic heterocycles. The molecule has 1 aromatic rings. The van der Waals surface area contributed by atoms with Crippen LogP contribution in [0.25, 0.3) is 0 Å². The average Bonchev–Trinajstić information content (AvgIpc) is 2.83. The summed E-state index contributed by atoms with van der Waals surface area (Å²) in [7, 11) is 1.67. The third-order valence-corrected chi connectivity index (χ3v) is 3.51. The first-order valence-corrected chi connectivity index (χ1v) is 7.14. The van der Waals surface area contributed by atoms with Crippen LogP contribution < -0.4 is 10.5 Å². The number of rotatable bonds is 8. The van der Waals surface area contributed by atoms with E-state index >= 15 is 0 Å². The second-order valence-electron chi connectivity index (χ2n) is 5.06. The van der Waals surface area contributed by atoms with Crippen LogP contribution in [0, 0.1) is 0 Å². The van der Waals surface area contributed by atoms with Gasteiger partial charge in [-0.15, -0.1) is 0 Å². The molecule has 0 aromatic carbocycles. The molecule has 0 bridgehead atoms. The van der Waals surface area contributed by atoms with E-state index in [1.165, 1.54) is 0 Å². The van der Waals surface area contributed by atoms with Crippen molar-refractivity contribution in [3.8, 4) is 5.75 Å². The molecule has 0 saturated heterocycles. The van der Waals surface area contributed by atoms with Gasteiger partial charge in [0.05, 0.1) is 25.0 Å². The van der Waals surface area contributed by atoms with E-state index in [0.29, 0.717) is 6.04 Å². The van der Waals surface area contributed by atoms with Gasteiger partial charge in [-0.05, 0) is 39.9 Å². The van der Waals surface area contributed by atoms with E-state index in [1.807, 2.05) is 4.68 Å². The van der Waals surface area contributed by atoms with Gasteiger partial charge >= 0.3 is 0 Å². The Kier molecular flexibility index (Phi) is 6.31. The first-order valence-electron chi connectivity index (χ1n) is 7.14. The van der Waals surface area contributed by atoms with E-state index in [9.17, 15) is 0 Å². The van der Waals surface area contributed by atoms with Gasteiger partial charge in [0.15, 0.2) is 5.75 Å². The molecule has 5 nitrogen and oxygen atoms in total. The van der Waals surface area contributed by atoms with Crippen LogP contribution in [0.1, 0.15) is 51.9 Å². The molecule has 1 rings (SSSR count). The van der Waals surface area contributed by atoms with Crippen LogP contribution >= 0.6 is 0 Å². The molecule has 1 atom stereocenters. The number of ether oxygens (including phenoxy) is 1. The minimum Gasteiger partial charge on any atom is -0.493 e. The topological polar surface area (TPSA) is 56.3 Å². The Morgan fingerprint density at radius 3 is 2.47 bits per heavy atom. The number of hydrogen-bond donors (Lipinski definition) is 1. The smallest absolute Gasteiger partial charge is 0.161 e. The normalized spacial score (nSPS) is 13.3. The highest BCUT2D eigenvalue weighted by atomic mass is 16.5. The lowest BCUT2D eigenvalue weighted by Crippen LogP contribution is -2.28. The number of aromatic nitrogens is 2. The lowest BCUT2D eigenvalue weighted by molar-refractivity contribution is 0.286. The van der Waals surface area contributed by atoms with E-state index < -0.39 is 0 Å². The summed E-state index contributed by atoms with van der Waals surface area (Å²) in [5, 5.41) is 4.37. The fourth-order valence-electron chi connectivity index (χ4n) is 2.28. The summed E-state index contributed by atoms with van der Waals surface area (Å²) in [5.74, 6) is 0.792. The third kappa shape index (κ3) is 3.94. The molecule has 0 radical (unpaired) electrons. The van der Waals surface area contributed by atoms with Crippen molar-refractivity contribution in [3.05, 3.63) is 11.9 Å². The Labute approximate surface area is 116 Å². The van der Waals surface area contributed by atoms with Crippen LogP contribution in [-0.4, -0.2) is 41.4 Å². The Hall–Kier alpha value is -1.07. The van der Waals surface area contributed by atoms with Crippen LogP contribution in [0.5, 0.6) is 5.75 Å². The highest BCUT2D eigenvalue weighted by Crippen LogP contribution is 2.27. The summed E-state index contributed by atoms with van der Waals surface area (Å²) in [5.41, 5.74) is 7.35. The molecule has 5 heteroatoms. The van der Waals surface area contributed by atoms with Gasteiger partial charge in [-0.25, -0.2) is 0 Å². The number of nitrogens with zero attached hydrogens (tertiary/aromatic N) is 3. The lowest BCUT2D eigenvalue weighted by Gasteiger charge is -2.22. The second-order valence-corrected chi connectivity index (χ2v) is 5.06. The molecule has 0 amide bonds.